The van der Waals surface area contributed by atoms with Gasteiger partial charge in [-0.15, -0.1) is 0 Å². The second-order valence-corrected chi connectivity index (χ2v) is 8.05. The second kappa shape index (κ2) is 9.11. The Morgan fingerprint density at radius 2 is 1.90 bits per heavy atom. The Balaban J connectivity index is 1.54. The van der Waals surface area contributed by atoms with Crippen LogP contribution in [0.1, 0.15) is 49.1 Å². The van der Waals surface area contributed by atoms with E-state index in [1.807, 2.05) is 67.3 Å². The number of hydrogen-bond acceptors (Lipinski definition) is 4. The van der Waals surface area contributed by atoms with Crippen molar-refractivity contribution >= 4 is 11.7 Å². The van der Waals surface area contributed by atoms with Crippen molar-refractivity contribution in [1.82, 2.24) is 15.0 Å². The van der Waals surface area contributed by atoms with Gasteiger partial charge in [0.25, 0.3) is 0 Å². The average Bonchev–Trinajstić information content (AvgIpc) is 3.23. The normalized spacial score (nSPS) is 14.5. The summed E-state index contributed by atoms with van der Waals surface area (Å²) in [6.45, 7) is 4.33. The zero-order valence-electron chi connectivity index (χ0n) is 17.6. The Morgan fingerprint density at radius 3 is 2.67 bits per heavy atom. The molecule has 0 saturated heterocycles. The number of carbonyl (C=O) groups is 1. The van der Waals surface area contributed by atoms with E-state index in [0.717, 1.165) is 48.1 Å². The number of carbonyl (C=O) groups excluding carboxylic acids is 1. The number of hydrogen-bond donors (Lipinski definition) is 1. The summed E-state index contributed by atoms with van der Waals surface area (Å²) in [6.07, 6.45) is 5.50. The smallest absolute Gasteiger partial charge is 0.322 e. The standard InChI is InChI=1S/C24H28N4O2/c1-17-9-8-11-19(15-17)23-26-22(30-27-23)16-28(20-12-4-3-5-13-20)24(29)25-21-14-7-6-10-18(21)2/h6-11,14-15,20H,3-5,12-13,16H2,1-2H3,(H,25,29). The first-order chi connectivity index (χ1) is 14.6. The molecule has 1 N–H and O–H groups in total. The number of anilines is 1. The van der Waals surface area contributed by atoms with Crippen molar-refractivity contribution in [2.24, 2.45) is 0 Å². The van der Waals surface area contributed by atoms with Crippen molar-refractivity contribution in [1.29, 1.82) is 0 Å². The lowest BCUT2D eigenvalue weighted by Crippen LogP contribution is -2.43. The molecule has 2 amide bonds. The quantitative estimate of drug-likeness (QED) is 0.590. The SMILES string of the molecule is Cc1cccc(-c2noc(CN(C(=O)Nc3ccccc3C)C3CCCCC3)n2)c1. The highest BCUT2D eigenvalue weighted by Crippen LogP contribution is 2.26. The summed E-state index contributed by atoms with van der Waals surface area (Å²) in [5, 5.41) is 7.21. The van der Waals surface area contributed by atoms with Gasteiger partial charge in [-0.2, -0.15) is 4.98 Å². The Kier molecular flexibility index (Phi) is 6.12. The minimum atomic E-state index is -0.119. The first-order valence-corrected chi connectivity index (χ1v) is 10.6. The van der Waals surface area contributed by atoms with E-state index in [1.54, 1.807) is 0 Å². The number of aromatic nitrogens is 2. The van der Waals surface area contributed by atoms with Crippen molar-refractivity contribution in [3.05, 3.63) is 65.5 Å². The largest absolute Gasteiger partial charge is 0.337 e. The maximum absolute atomic E-state index is 13.2. The van der Waals surface area contributed by atoms with Crippen molar-refractivity contribution in [2.75, 3.05) is 5.32 Å². The fraction of sp³-hybridized carbons (Fsp3) is 0.375. The highest BCUT2D eigenvalue weighted by molar-refractivity contribution is 5.90. The van der Waals surface area contributed by atoms with E-state index < -0.39 is 0 Å². The van der Waals surface area contributed by atoms with Gasteiger partial charge in [0.1, 0.15) is 6.54 Å². The number of amides is 2. The number of nitrogens with zero attached hydrogens (tertiary/aromatic N) is 3. The van der Waals surface area contributed by atoms with Crippen molar-refractivity contribution in [3.8, 4) is 11.4 Å². The third-order valence-corrected chi connectivity index (χ3v) is 5.71. The fourth-order valence-electron chi connectivity index (χ4n) is 4.03. The molecule has 0 spiro atoms. The van der Waals surface area contributed by atoms with Crippen LogP contribution in [0.3, 0.4) is 0 Å². The predicted octanol–water partition coefficient (Wildman–Crippen LogP) is 5.72. The van der Waals surface area contributed by atoms with Crippen LogP contribution in [-0.2, 0) is 6.54 Å². The van der Waals surface area contributed by atoms with E-state index in [1.165, 1.54) is 6.42 Å². The minimum Gasteiger partial charge on any atom is -0.337 e. The number of para-hydroxylation sites is 1. The molecule has 156 valence electrons. The van der Waals surface area contributed by atoms with Crippen molar-refractivity contribution in [2.45, 2.75) is 58.5 Å². The molecule has 1 aromatic heterocycles. The summed E-state index contributed by atoms with van der Waals surface area (Å²) in [5.41, 5.74) is 3.92. The third-order valence-electron chi connectivity index (χ3n) is 5.71. The molecule has 6 nitrogen and oxygen atoms in total. The molecule has 0 unspecified atom stereocenters. The molecule has 4 rings (SSSR count). The first-order valence-electron chi connectivity index (χ1n) is 10.6. The summed E-state index contributed by atoms with van der Waals surface area (Å²) in [6, 6.07) is 15.9. The molecule has 1 fully saturated rings. The lowest BCUT2D eigenvalue weighted by Gasteiger charge is -2.33. The van der Waals surface area contributed by atoms with Gasteiger partial charge in [0.15, 0.2) is 0 Å². The van der Waals surface area contributed by atoms with Gasteiger partial charge in [-0.1, -0.05) is 66.4 Å². The number of benzene rings is 2. The number of nitrogens with one attached hydrogen (secondary N) is 1. The molecular formula is C24H28N4O2. The molecule has 0 atom stereocenters. The molecular weight excluding hydrogens is 376 g/mol. The molecule has 0 radical (unpaired) electrons. The van der Waals surface area contributed by atoms with Gasteiger partial charge in [0, 0.05) is 17.3 Å². The molecule has 1 heterocycles. The molecule has 6 heteroatoms. The molecule has 30 heavy (non-hydrogen) atoms. The zero-order chi connectivity index (χ0) is 20.9. The highest BCUT2D eigenvalue weighted by Gasteiger charge is 2.28. The van der Waals surface area contributed by atoms with Crippen LogP contribution >= 0.6 is 0 Å². The van der Waals surface area contributed by atoms with E-state index in [2.05, 4.69) is 15.5 Å². The van der Waals surface area contributed by atoms with Gasteiger partial charge < -0.3 is 14.7 Å². The van der Waals surface area contributed by atoms with Crippen LogP contribution in [0.5, 0.6) is 0 Å². The lowest BCUT2D eigenvalue weighted by atomic mass is 9.94. The minimum absolute atomic E-state index is 0.119. The summed E-state index contributed by atoms with van der Waals surface area (Å²) < 4.78 is 5.52. The van der Waals surface area contributed by atoms with Crippen molar-refractivity contribution < 1.29 is 9.32 Å². The average molecular weight is 405 g/mol. The van der Waals surface area contributed by atoms with Crippen LogP contribution in [0.25, 0.3) is 11.4 Å². The fourth-order valence-corrected chi connectivity index (χ4v) is 4.03. The Hall–Kier alpha value is -3.15. The molecule has 1 saturated carbocycles. The van der Waals surface area contributed by atoms with Crippen LogP contribution < -0.4 is 5.32 Å². The van der Waals surface area contributed by atoms with E-state index in [4.69, 9.17) is 4.52 Å². The predicted molar refractivity (Wildman–Crippen MR) is 117 cm³/mol. The molecule has 3 aromatic rings. The third kappa shape index (κ3) is 4.70. The van der Waals surface area contributed by atoms with Crippen LogP contribution in [0.15, 0.2) is 53.1 Å². The van der Waals surface area contributed by atoms with Gasteiger partial charge in [0.2, 0.25) is 11.7 Å². The highest BCUT2D eigenvalue weighted by atomic mass is 16.5. The maximum atomic E-state index is 13.2. The summed E-state index contributed by atoms with van der Waals surface area (Å²) in [5.74, 6) is 1.01. The van der Waals surface area contributed by atoms with Crippen LogP contribution in [0.4, 0.5) is 10.5 Å². The van der Waals surface area contributed by atoms with E-state index in [0.29, 0.717) is 18.3 Å². The summed E-state index contributed by atoms with van der Waals surface area (Å²) in [4.78, 5) is 19.6. The second-order valence-electron chi connectivity index (χ2n) is 8.05. The van der Waals surface area contributed by atoms with Gasteiger partial charge in [-0.3, -0.25) is 0 Å². The van der Waals surface area contributed by atoms with Crippen LogP contribution in [-0.4, -0.2) is 27.1 Å². The summed E-state index contributed by atoms with van der Waals surface area (Å²) in [7, 11) is 0. The van der Waals surface area contributed by atoms with Crippen LogP contribution in [0.2, 0.25) is 0 Å². The van der Waals surface area contributed by atoms with Gasteiger partial charge in [0.05, 0.1) is 0 Å². The number of aryl methyl sites for hydroxylation is 2. The van der Waals surface area contributed by atoms with Gasteiger partial charge >= 0.3 is 6.03 Å². The molecule has 0 aliphatic heterocycles. The molecule has 2 aromatic carbocycles. The Bertz CT molecular complexity index is 1010. The monoisotopic (exact) mass is 404 g/mol. The number of urea groups is 1. The number of rotatable bonds is 5. The van der Waals surface area contributed by atoms with E-state index in [-0.39, 0.29) is 12.1 Å². The van der Waals surface area contributed by atoms with E-state index in [9.17, 15) is 4.79 Å². The van der Waals surface area contributed by atoms with Crippen molar-refractivity contribution in [3.63, 3.8) is 0 Å². The maximum Gasteiger partial charge on any atom is 0.322 e. The van der Waals surface area contributed by atoms with Gasteiger partial charge in [-0.05, 0) is 44.4 Å². The summed E-state index contributed by atoms with van der Waals surface area (Å²) >= 11 is 0. The first kappa shape index (κ1) is 20.1. The van der Waals surface area contributed by atoms with Gasteiger partial charge in [-0.25, -0.2) is 4.79 Å². The molecule has 1 aliphatic rings. The zero-order valence-corrected chi connectivity index (χ0v) is 17.6. The molecule has 0 bridgehead atoms. The molecule has 1 aliphatic carbocycles. The Labute approximate surface area is 177 Å². The van der Waals surface area contributed by atoms with E-state index >= 15 is 0 Å². The topological polar surface area (TPSA) is 71.3 Å². The lowest BCUT2D eigenvalue weighted by molar-refractivity contribution is 0.151. The Morgan fingerprint density at radius 1 is 1.10 bits per heavy atom. The van der Waals surface area contributed by atoms with Crippen LogP contribution in [0, 0.1) is 13.8 Å².